The molecule has 1 aromatic rings. The van der Waals surface area contributed by atoms with Gasteiger partial charge in [0.05, 0.1) is 0 Å². The molecular weight excluding hydrogens is 215 g/mol. The molecule has 2 nitrogen and oxygen atoms in total. The van der Waals surface area contributed by atoms with Crippen LogP contribution in [0.3, 0.4) is 0 Å². The van der Waals surface area contributed by atoms with Crippen LogP contribution in [0.15, 0.2) is 24.3 Å². The van der Waals surface area contributed by atoms with Gasteiger partial charge in [0.2, 0.25) is 0 Å². The van der Waals surface area contributed by atoms with Crippen LogP contribution in [-0.2, 0) is 0 Å². The van der Waals surface area contributed by atoms with Crippen LogP contribution in [0.25, 0.3) is 0 Å². The van der Waals surface area contributed by atoms with Crippen LogP contribution in [0, 0.1) is 5.82 Å². The third kappa shape index (κ3) is 3.05. The number of rotatable bonds is 2. The molecule has 1 aliphatic rings. The molecule has 1 saturated heterocycles. The number of hydrogen-bond donors (Lipinski definition) is 1. The van der Waals surface area contributed by atoms with Gasteiger partial charge >= 0.3 is 0 Å². The maximum atomic E-state index is 13.2. The molecule has 1 fully saturated rings. The Morgan fingerprint density at radius 1 is 1.41 bits per heavy atom. The first-order chi connectivity index (χ1) is 7.98. The van der Waals surface area contributed by atoms with E-state index in [-0.39, 0.29) is 17.4 Å². The Morgan fingerprint density at radius 2 is 2.18 bits per heavy atom. The standard InChI is InChI=1S/C14H21FN2/c1-11(12-5-4-6-13(15)9-12)17-8-7-16-14(2,3)10-17/h4-6,9,11,16H,7-8,10H2,1-3H3. The number of halogens is 1. The lowest BCUT2D eigenvalue weighted by Crippen LogP contribution is -2.57. The molecule has 94 valence electrons. The average molecular weight is 236 g/mol. The summed E-state index contributed by atoms with van der Waals surface area (Å²) in [6, 6.07) is 7.20. The molecular formula is C14H21FN2. The van der Waals surface area contributed by atoms with Crippen molar-refractivity contribution in [1.82, 2.24) is 10.2 Å². The van der Waals surface area contributed by atoms with Crippen molar-refractivity contribution < 1.29 is 4.39 Å². The smallest absolute Gasteiger partial charge is 0.123 e. The van der Waals surface area contributed by atoms with Crippen molar-refractivity contribution in [2.24, 2.45) is 0 Å². The summed E-state index contributed by atoms with van der Waals surface area (Å²) in [7, 11) is 0. The molecule has 3 heteroatoms. The van der Waals surface area contributed by atoms with Crippen LogP contribution in [0.5, 0.6) is 0 Å². The van der Waals surface area contributed by atoms with Gasteiger partial charge in [-0.15, -0.1) is 0 Å². The summed E-state index contributed by atoms with van der Waals surface area (Å²) < 4.78 is 13.2. The lowest BCUT2D eigenvalue weighted by molar-refractivity contribution is 0.116. The number of hydrogen-bond acceptors (Lipinski definition) is 2. The van der Waals surface area contributed by atoms with Gasteiger partial charge in [-0.1, -0.05) is 12.1 Å². The van der Waals surface area contributed by atoms with Crippen molar-refractivity contribution in [2.75, 3.05) is 19.6 Å². The molecule has 0 radical (unpaired) electrons. The normalized spacial score (nSPS) is 22.4. The molecule has 1 aliphatic heterocycles. The topological polar surface area (TPSA) is 15.3 Å². The minimum atomic E-state index is -0.149. The maximum Gasteiger partial charge on any atom is 0.123 e. The highest BCUT2D eigenvalue weighted by atomic mass is 19.1. The monoisotopic (exact) mass is 236 g/mol. The van der Waals surface area contributed by atoms with Crippen molar-refractivity contribution in [3.63, 3.8) is 0 Å². The quantitative estimate of drug-likeness (QED) is 0.849. The Morgan fingerprint density at radius 3 is 2.82 bits per heavy atom. The van der Waals surface area contributed by atoms with E-state index >= 15 is 0 Å². The molecule has 0 aromatic heterocycles. The minimum absolute atomic E-state index is 0.139. The fourth-order valence-corrected chi connectivity index (χ4v) is 2.49. The van der Waals surface area contributed by atoms with Gasteiger partial charge in [0.15, 0.2) is 0 Å². The summed E-state index contributed by atoms with van der Waals surface area (Å²) in [5, 5.41) is 3.49. The molecule has 0 amide bonds. The Bertz CT molecular complexity index is 390. The molecule has 1 aromatic carbocycles. The SMILES string of the molecule is CC(c1cccc(F)c1)N1CCNC(C)(C)C1. The minimum Gasteiger partial charge on any atom is -0.309 e. The predicted molar refractivity (Wildman–Crippen MR) is 68.5 cm³/mol. The fourth-order valence-electron chi connectivity index (χ4n) is 2.49. The summed E-state index contributed by atoms with van der Waals surface area (Å²) in [5.74, 6) is -0.149. The molecule has 0 saturated carbocycles. The van der Waals surface area contributed by atoms with Gasteiger partial charge in [-0.2, -0.15) is 0 Å². The molecule has 0 spiro atoms. The molecule has 0 bridgehead atoms. The third-order valence-electron chi connectivity index (χ3n) is 3.48. The molecule has 1 atom stereocenters. The Kier molecular flexibility index (Phi) is 3.50. The van der Waals surface area contributed by atoms with Crippen molar-refractivity contribution in [3.05, 3.63) is 35.6 Å². The van der Waals surface area contributed by atoms with Gasteiger partial charge in [-0.25, -0.2) is 4.39 Å². The largest absolute Gasteiger partial charge is 0.309 e. The van der Waals surface area contributed by atoms with Gasteiger partial charge < -0.3 is 5.32 Å². The number of piperazine rings is 1. The van der Waals surface area contributed by atoms with Crippen molar-refractivity contribution in [1.29, 1.82) is 0 Å². The van der Waals surface area contributed by atoms with Crippen LogP contribution >= 0.6 is 0 Å². The van der Waals surface area contributed by atoms with Gasteiger partial charge in [0, 0.05) is 31.2 Å². The second kappa shape index (κ2) is 4.75. The number of nitrogens with one attached hydrogen (secondary N) is 1. The molecule has 1 unspecified atom stereocenters. The van der Waals surface area contributed by atoms with Gasteiger partial charge in [0.1, 0.15) is 5.82 Å². The highest BCUT2D eigenvalue weighted by Crippen LogP contribution is 2.24. The number of nitrogens with zero attached hydrogens (tertiary/aromatic N) is 1. The molecule has 2 rings (SSSR count). The summed E-state index contributed by atoms with van der Waals surface area (Å²) in [5.41, 5.74) is 1.20. The number of benzene rings is 1. The Labute approximate surface area is 103 Å². The first-order valence-electron chi connectivity index (χ1n) is 6.22. The predicted octanol–water partition coefficient (Wildman–Crippen LogP) is 2.57. The Balaban J connectivity index is 2.12. The summed E-state index contributed by atoms with van der Waals surface area (Å²) in [6.07, 6.45) is 0. The fraction of sp³-hybridized carbons (Fsp3) is 0.571. The van der Waals surface area contributed by atoms with E-state index in [9.17, 15) is 4.39 Å². The van der Waals surface area contributed by atoms with E-state index in [1.54, 1.807) is 12.1 Å². The van der Waals surface area contributed by atoms with Crippen LogP contribution in [0.4, 0.5) is 4.39 Å². The summed E-state index contributed by atoms with van der Waals surface area (Å²) in [6.45, 7) is 9.56. The highest BCUT2D eigenvalue weighted by Gasteiger charge is 2.28. The van der Waals surface area contributed by atoms with E-state index in [1.165, 1.54) is 6.07 Å². The lowest BCUT2D eigenvalue weighted by Gasteiger charge is -2.42. The van der Waals surface area contributed by atoms with Crippen molar-refractivity contribution in [3.8, 4) is 0 Å². The van der Waals surface area contributed by atoms with Crippen LogP contribution in [-0.4, -0.2) is 30.1 Å². The van der Waals surface area contributed by atoms with E-state index in [1.807, 2.05) is 6.07 Å². The summed E-state index contributed by atoms with van der Waals surface area (Å²) >= 11 is 0. The van der Waals surface area contributed by atoms with Gasteiger partial charge in [0.25, 0.3) is 0 Å². The van der Waals surface area contributed by atoms with Crippen LogP contribution < -0.4 is 5.32 Å². The lowest BCUT2D eigenvalue weighted by atomic mass is 9.98. The van der Waals surface area contributed by atoms with E-state index in [4.69, 9.17) is 0 Å². The van der Waals surface area contributed by atoms with Gasteiger partial charge in [-0.3, -0.25) is 4.90 Å². The van der Waals surface area contributed by atoms with Crippen molar-refractivity contribution >= 4 is 0 Å². The molecule has 1 heterocycles. The molecule has 0 aliphatic carbocycles. The first-order valence-corrected chi connectivity index (χ1v) is 6.22. The van der Waals surface area contributed by atoms with Crippen LogP contribution in [0.1, 0.15) is 32.4 Å². The zero-order chi connectivity index (χ0) is 12.5. The molecule has 17 heavy (non-hydrogen) atoms. The first kappa shape index (κ1) is 12.5. The van der Waals surface area contributed by atoms with Crippen LogP contribution in [0.2, 0.25) is 0 Å². The van der Waals surface area contributed by atoms with E-state index in [0.717, 1.165) is 25.2 Å². The van der Waals surface area contributed by atoms with E-state index in [0.29, 0.717) is 0 Å². The zero-order valence-electron chi connectivity index (χ0n) is 10.8. The van der Waals surface area contributed by atoms with E-state index in [2.05, 4.69) is 31.0 Å². The second-order valence-electron chi connectivity index (χ2n) is 5.51. The average Bonchev–Trinajstić information content (AvgIpc) is 2.26. The highest BCUT2D eigenvalue weighted by molar-refractivity contribution is 5.20. The zero-order valence-corrected chi connectivity index (χ0v) is 10.8. The Hall–Kier alpha value is -0.930. The molecule has 1 N–H and O–H groups in total. The maximum absolute atomic E-state index is 13.2. The van der Waals surface area contributed by atoms with E-state index < -0.39 is 0 Å². The van der Waals surface area contributed by atoms with Gasteiger partial charge in [-0.05, 0) is 38.5 Å². The van der Waals surface area contributed by atoms with Crippen molar-refractivity contribution in [2.45, 2.75) is 32.4 Å². The second-order valence-corrected chi connectivity index (χ2v) is 5.51. The third-order valence-corrected chi connectivity index (χ3v) is 3.48. The summed E-state index contributed by atoms with van der Waals surface area (Å²) in [4.78, 5) is 2.41.